The van der Waals surface area contributed by atoms with Crippen LogP contribution < -0.4 is 14.8 Å². The van der Waals surface area contributed by atoms with E-state index in [2.05, 4.69) is 27.9 Å². The molecule has 5 nitrogen and oxygen atoms in total. The summed E-state index contributed by atoms with van der Waals surface area (Å²) in [6.45, 7) is 1.29. The van der Waals surface area contributed by atoms with E-state index in [1.165, 1.54) is 0 Å². The minimum absolute atomic E-state index is 0.131. The molecule has 2 aromatic rings. The van der Waals surface area contributed by atoms with Gasteiger partial charge in [0.05, 0.1) is 22.5 Å². The topological polar surface area (TPSA) is 56.8 Å². The fourth-order valence-electron chi connectivity index (χ4n) is 2.66. The molecule has 0 saturated carbocycles. The van der Waals surface area contributed by atoms with Crippen molar-refractivity contribution in [1.82, 2.24) is 0 Å². The highest BCUT2D eigenvalue weighted by Gasteiger charge is 2.17. The number of anilines is 1. The number of para-hydroxylation sites is 2. The van der Waals surface area contributed by atoms with Gasteiger partial charge in [0.1, 0.15) is 18.1 Å². The van der Waals surface area contributed by atoms with Crippen molar-refractivity contribution in [3.05, 3.63) is 51.6 Å². The molecule has 1 amide bonds. The van der Waals surface area contributed by atoms with Gasteiger partial charge in [0.2, 0.25) is 0 Å². The van der Waals surface area contributed by atoms with Gasteiger partial charge in [-0.15, -0.1) is 0 Å². The number of halogens is 1. The van der Waals surface area contributed by atoms with Crippen molar-refractivity contribution >= 4 is 34.2 Å². The molecule has 1 atom stereocenters. The van der Waals surface area contributed by atoms with Gasteiger partial charge in [-0.3, -0.25) is 4.79 Å². The van der Waals surface area contributed by atoms with Crippen molar-refractivity contribution in [2.75, 3.05) is 25.6 Å². The molecule has 1 unspecified atom stereocenters. The molecule has 2 aromatic carbocycles. The van der Waals surface area contributed by atoms with Crippen molar-refractivity contribution in [3.63, 3.8) is 0 Å². The second-order valence-corrected chi connectivity index (χ2v) is 6.91. The number of hydrogen-bond acceptors (Lipinski definition) is 4. The van der Waals surface area contributed by atoms with Crippen LogP contribution in [0, 0.1) is 3.57 Å². The van der Waals surface area contributed by atoms with Gasteiger partial charge in [-0.1, -0.05) is 12.1 Å². The summed E-state index contributed by atoms with van der Waals surface area (Å²) < 4.78 is 17.5. The number of carbonyl (C=O) groups is 1. The van der Waals surface area contributed by atoms with E-state index in [9.17, 15) is 4.79 Å². The van der Waals surface area contributed by atoms with Gasteiger partial charge in [-0.05, 0) is 65.8 Å². The third-order valence-electron chi connectivity index (χ3n) is 4.00. The standard InChI is InChI=1S/C19H20INO4/c1-23-17-9-8-13(11-15(17)20)19(22)21-16-6-2-3-7-18(16)25-12-14-5-4-10-24-14/h2-3,6-9,11,14H,4-5,10,12H2,1H3,(H,21,22). The Morgan fingerprint density at radius 1 is 1.28 bits per heavy atom. The van der Waals surface area contributed by atoms with E-state index in [1.807, 2.05) is 24.3 Å². The first-order valence-electron chi connectivity index (χ1n) is 8.15. The van der Waals surface area contributed by atoms with E-state index in [0.717, 1.165) is 28.8 Å². The van der Waals surface area contributed by atoms with Gasteiger partial charge < -0.3 is 19.5 Å². The summed E-state index contributed by atoms with van der Waals surface area (Å²) in [5.74, 6) is 1.21. The normalized spacial score (nSPS) is 16.5. The maximum atomic E-state index is 12.5. The fourth-order valence-corrected chi connectivity index (χ4v) is 3.39. The zero-order valence-electron chi connectivity index (χ0n) is 14.0. The van der Waals surface area contributed by atoms with E-state index < -0.39 is 0 Å². The Morgan fingerprint density at radius 2 is 2.12 bits per heavy atom. The van der Waals surface area contributed by atoms with Gasteiger partial charge >= 0.3 is 0 Å². The van der Waals surface area contributed by atoms with Crippen LogP contribution in [0.15, 0.2) is 42.5 Å². The summed E-state index contributed by atoms with van der Waals surface area (Å²) in [5, 5.41) is 2.92. The van der Waals surface area contributed by atoms with E-state index in [4.69, 9.17) is 14.2 Å². The summed E-state index contributed by atoms with van der Waals surface area (Å²) in [6, 6.07) is 12.8. The van der Waals surface area contributed by atoms with Crippen LogP contribution in [0.5, 0.6) is 11.5 Å². The summed E-state index contributed by atoms with van der Waals surface area (Å²) in [6.07, 6.45) is 2.22. The number of hydrogen-bond donors (Lipinski definition) is 1. The van der Waals surface area contributed by atoms with E-state index in [0.29, 0.717) is 23.6 Å². The first-order chi connectivity index (χ1) is 12.2. The van der Waals surface area contributed by atoms with Crippen molar-refractivity contribution in [2.45, 2.75) is 18.9 Å². The Bertz CT molecular complexity index is 744. The maximum Gasteiger partial charge on any atom is 0.255 e. The van der Waals surface area contributed by atoms with Gasteiger partial charge in [-0.25, -0.2) is 0 Å². The molecule has 1 aliphatic heterocycles. The summed E-state index contributed by atoms with van der Waals surface area (Å²) in [5.41, 5.74) is 1.22. The van der Waals surface area contributed by atoms with E-state index in [-0.39, 0.29) is 12.0 Å². The average molecular weight is 453 g/mol. The molecular formula is C19H20INO4. The first kappa shape index (κ1) is 18.0. The molecule has 0 aromatic heterocycles. The molecule has 0 radical (unpaired) electrons. The van der Waals surface area contributed by atoms with Gasteiger partial charge in [0, 0.05) is 12.2 Å². The highest BCUT2D eigenvalue weighted by Crippen LogP contribution is 2.27. The number of amides is 1. The molecular weight excluding hydrogens is 433 g/mol. The van der Waals surface area contributed by atoms with Gasteiger partial charge in [0.25, 0.3) is 5.91 Å². The van der Waals surface area contributed by atoms with Crippen LogP contribution in [-0.2, 0) is 4.74 Å². The fraction of sp³-hybridized carbons (Fsp3) is 0.316. The SMILES string of the molecule is COc1ccc(C(=O)Nc2ccccc2OCC2CCCO2)cc1I. The Kier molecular flexibility index (Phi) is 6.14. The lowest BCUT2D eigenvalue weighted by Gasteiger charge is -2.15. The van der Waals surface area contributed by atoms with Crippen molar-refractivity contribution in [1.29, 1.82) is 0 Å². The molecule has 1 fully saturated rings. The van der Waals surface area contributed by atoms with Crippen LogP contribution in [0.3, 0.4) is 0 Å². The average Bonchev–Trinajstić information content (AvgIpc) is 3.14. The molecule has 0 bridgehead atoms. The van der Waals surface area contributed by atoms with E-state index >= 15 is 0 Å². The zero-order valence-corrected chi connectivity index (χ0v) is 16.1. The van der Waals surface area contributed by atoms with Gasteiger partial charge in [-0.2, -0.15) is 0 Å². The van der Waals surface area contributed by atoms with Crippen molar-refractivity contribution < 1.29 is 19.0 Å². The minimum atomic E-state index is -0.186. The molecule has 6 heteroatoms. The molecule has 25 heavy (non-hydrogen) atoms. The number of carbonyl (C=O) groups excluding carboxylic acids is 1. The lowest BCUT2D eigenvalue weighted by Crippen LogP contribution is -2.18. The molecule has 3 rings (SSSR count). The molecule has 0 aliphatic carbocycles. The minimum Gasteiger partial charge on any atom is -0.496 e. The van der Waals surface area contributed by atoms with Crippen molar-refractivity contribution in [3.8, 4) is 11.5 Å². The number of benzene rings is 2. The molecule has 1 heterocycles. The second kappa shape index (κ2) is 8.53. The molecule has 132 valence electrons. The van der Waals surface area contributed by atoms with E-state index in [1.54, 1.807) is 25.3 Å². The quantitative estimate of drug-likeness (QED) is 0.670. The van der Waals surface area contributed by atoms with Crippen molar-refractivity contribution in [2.24, 2.45) is 0 Å². The Labute approximate surface area is 160 Å². The highest BCUT2D eigenvalue weighted by atomic mass is 127. The third-order valence-corrected chi connectivity index (χ3v) is 4.84. The third kappa shape index (κ3) is 4.64. The summed E-state index contributed by atoms with van der Waals surface area (Å²) in [4.78, 5) is 12.5. The van der Waals surface area contributed by atoms with Crippen LogP contribution >= 0.6 is 22.6 Å². The Balaban J connectivity index is 1.69. The number of nitrogens with one attached hydrogen (secondary N) is 1. The summed E-state index contributed by atoms with van der Waals surface area (Å²) in [7, 11) is 1.61. The number of rotatable bonds is 6. The smallest absolute Gasteiger partial charge is 0.255 e. The predicted octanol–water partition coefficient (Wildman–Crippen LogP) is 4.11. The Morgan fingerprint density at radius 3 is 2.84 bits per heavy atom. The molecule has 0 spiro atoms. The maximum absolute atomic E-state index is 12.5. The van der Waals surface area contributed by atoms with Gasteiger partial charge in [0.15, 0.2) is 0 Å². The lowest BCUT2D eigenvalue weighted by atomic mass is 10.2. The van der Waals surface area contributed by atoms with Crippen LogP contribution in [0.4, 0.5) is 5.69 Å². The largest absolute Gasteiger partial charge is 0.496 e. The predicted molar refractivity (Wildman–Crippen MR) is 105 cm³/mol. The molecule has 1 N–H and O–H groups in total. The molecule has 1 aliphatic rings. The monoisotopic (exact) mass is 453 g/mol. The Hall–Kier alpha value is -1.80. The molecule has 1 saturated heterocycles. The number of methoxy groups -OCH3 is 1. The second-order valence-electron chi connectivity index (χ2n) is 5.75. The highest BCUT2D eigenvalue weighted by molar-refractivity contribution is 14.1. The van der Waals surface area contributed by atoms with Crippen LogP contribution in [0.2, 0.25) is 0 Å². The van der Waals surface area contributed by atoms with Crippen LogP contribution in [-0.4, -0.2) is 32.3 Å². The zero-order chi connectivity index (χ0) is 17.6. The van der Waals surface area contributed by atoms with Crippen LogP contribution in [0.25, 0.3) is 0 Å². The van der Waals surface area contributed by atoms with Crippen LogP contribution in [0.1, 0.15) is 23.2 Å². The summed E-state index contributed by atoms with van der Waals surface area (Å²) >= 11 is 2.15. The first-order valence-corrected chi connectivity index (χ1v) is 9.23. The lowest BCUT2D eigenvalue weighted by molar-refractivity contribution is 0.0682. The number of ether oxygens (including phenoxy) is 3.